The highest BCUT2D eigenvalue weighted by atomic mass is 19.4. The average molecular weight is 300 g/mol. The average Bonchev–Trinajstić information content (AvgIpc) is 2.36. The molecule has 0 unspecified atom stereocenters. The third-order valence-electron chi connectivity index (χ3n) is 2.82. The summed E-state index contributed by atoms with van der Waals surface area (Å²) in [6, 6.07) is 6.75. The lowest BCUT2D eigenvalue weighted by Gasteiger charge is -2.11. The summed E-state index contributed by atoms with van der Waals surface area (Å²) in [6.07, 6.45) is -5.18. The van der Waals surface area contributed by atoms with E-state index in [2.05, 4.69) is 0 Å². The van der Waals surface area contributed by atoms with E-state index >= 15 is 0 Å². The van der Waals surface area contributed by atoms with Crippen LogP contribution in [0.25, 0.3) is 0 Å². The molecule has 0 radical (unpaired) electrons. The van der Waals surface area contributed by atoms with E-state index in [1.165, 1.54) is 12.1 Å². The van der Waals surface area contributed by atoms with Crippen LogP contribution in [0.2, 0.25) is 0 Å². The number of hydrogen-bond acceptors (Lipinski definition) is 1. The summed E-state index contributed by atoms with van der Waals surface area (Å²) in [5.74, 6) is -2.63. The van der Waals surface area contributed by atoms with Crippen LogP contribution in [-0.2, 0) is 12.6 Å². The van der Waals surface area contributed by atoms with Gasteiger partial charge in [-0.25, -0.2) is 8.78 Å². The molecular weight excluding hydrogens is 291 g/mol. The molecule has 2 aromatic carbocycles. The largest absolute Gasteiger partial charge is 0.417 e. The van der Waals surface area contributed by atoms with Crippen molar-refractivity contribution in [2.75, 3.05) is 0 Å². The lowest BCUT2D eigenvalue weighted by molar-refractivity contribution is -0.137. The van der Waals surface area contributed by atoms with Gasteiger partial charge >= 0.3 is 6.18 Å². The quantitative estimate of drug-likeness (QED) is 0.606. The lowest BCUT2D eigenvalue weighted by Crippen LogP contribution is -2.14. The minimum Gasteiger partial charge on any atom is -0.294 e. The predicted octanol–water partition coefficient (Wildman–Crippen LogP) is 4.41. The van der Waals surface area contributed by atoms with Crippen LogP contribution in [0, 0.1) is 11.6 Å². The van der Waals surface area contributed by atoms with Gasteiger partial charge < -0.3 is 0 Å². The molecule has 1 nitrogen and oxygen atoms in total. The summed E-state index contributed by atoms with van der Waals surface area (Å²) in [5, 5.41) is 0. The number of benzene rings is 2. The highest BCUT2D eigenvalue weighted by Crippen LogP contribution is 2.32. The molecule has 21 heavy (non-hydrogen) atoms. The topological polar surface area (TPSA) is 17.1 Å². The van der Waals surface area contributed by atoms with Crippen LogP contribution in [-0.4, -0.2) is 5.78 Å². The van der Waals surface area contributed by atoms with Gasteiger partial charge in [-0.05, 0) is 23.8 Å². The molecule has 0 aliphatic rings. The van der Waals surface area contributed by atoms with Crippen molar-refractivity contribution in [2.24, 2.45) is 0 Å². The molecule has 110 valence electrons. The maximum atomic E-state index is 13.0. The third-order valence-corrected chi connectivity index (χ3v) is 2.82. The molecule has 0 aromatic heterocycles. The van der Waals surface area contributed by atoms with Gasteiger partial charge in [0.25, 0.3) is 0 Å². The lowest BCUT2D eigenvalue weighted by atomic mass is 9.98. The normalized spacial score (nSPS) is 11.5. The van der Waals surface area contributed by atoms with Crippen LogP contribution >= 0.6 is 0 Å². The van der Waals surface area contributed by atoms with E-state index in [-0.39, 0.29) is 5.56 Å². The molecule has 0 saturated carbocycles. The fourth-order valence-corrected chi connectivity index (χ4v) is 1.97. The van der Waals surface area contributed by atoms with E-state index in [1.807, 2.05) is 0 Å². The Bertz CT molecular complexity index is 656. The van der Waals surface area contributed by atoms with Crippen LogP contribution in [0.15, 0.2) is 42.5 Å². The first-order valence-corrected chi connectivity index (χ1v) is 5.92. The maximum Gasteiger partial charge on any atom is 0.417 e. The van der Waals surface area contributed by atoms with Gasteiger partial charge in [-0.2, -0.15) is 13.2 Å². The molecule has 0 fully saturated rings. The van der Waals surface area contributed by atoms with Gasteiger partial charge in [0, 0.05) is 18.1 Å². The van der Waals surface area contributed by atoms with E-state index in [0.717, 1.165) is 24.3 Å². The Balaban J connectivity index is 2.33. The predicted molar refractivity (Wildman–Crippen MR) is 65.8 cm³/mol. The van der Waals surface area contributed by atoms with Crippen molar-refractivity contribution in [3.63, 3.8) is 0 Å². The van der Waals surface area contributed by atoms with E-state index < -0.39 is 41.1 Å². The minimum absolute atomic E-state index is 0.0190. The smallest absolute Gasteiger partial charge is 0.294 e. The van der Waals surface area contributed by atoms with Crippen LogP contribution in [0.3, 0.4) is 0 Å². The molecule has 0 N–H and O–H groups in total. The molecule has 0 aliphatic heterocycles. The molecule has 2 aromatic rings. The van der Waals surface area contributed by atoms with Crippen LogP contribution < -0.4 is 0 Å². The maximum absolute atomic E-state index is 13.0. The highest BCUT2D eigenvalue weighted by Gasteiger charge is 2.34. The Kier molecular flexibility index (Phi) is 4.06. The van der Waals surface area contributed by atoms with E-state index in [4.69, 9.17) is 0 Å². The number of rotatable bonds is 3. The third kappa shape index (κ3) is 3.65. The summed E-state index contributed by atoms with van der Waals surface area (Å²) < 4.78 is 64.4. The fraction of sp³-hybridized carbons (Fsp3) is 0.133. The first kappa shape index (κ1) is 15.2. The standard InChI is InChI=1S/C15H9F5O/c16-10-5-9(6-11(17)8-10)7-14(21)12-3-1-2-4-13(12)15(18,19)20/h1-6,8H,7H2. The Morgan fingerprint density at radius 2 is 1.52 bits per heavy atom. The second kappa shape index (κ2) is 5.63. The molecule has 0 spiro atoms. The summed E-state index contributed by atoms with van der Waals surface area (Å²) >= 11 is 0. The molecule has 0 saturated heterocycles. The van der Waals surface area contributed by atoms with Gasteiger partial charge in [0.05, 0.1) is 5.56 Å². The number of carbonyl (C=O) groups is 1. The number of ketones is 1. The van der Waals surface area contributed by atoms with Gasteiger partial charge in [0.15, 0.2) is 5.78 Å². The number of carbonyl (C=O) groups excluding carboxylic acids is 1. The zero-order valence-corrected chi connectivity index (χ0v) is 10.5. The zero-order chi connectivity index (χ0) is 15.6. The minimum atomic E-state index is -4.67. The Morgan fingerprint density at radius 3 is 2.10 bits per heavy atom. The monoisotopic (exact) mass is 300 g/mol. The van der Waals surface area contributed by atoms with Crippen molar-refractivity contribution in [3.8, 4) is 0 Å². The second-order valence-electron chi connectivity index (χ2n) is 4.42. The number of hydrogen-bond donors (Lipinski definition) is 0. The Labute approximate surface area is 117 Å². The summed E-state index contributed by atoms with van der Waals surface area (Å²) in [7, 11) is 0. The summed E-state index contributed by atoms with van der Waals surface area (Å²) in [5.41, 5.74) is -1.60. The van der Waals surface area contributed by atoms with Crippen LogP contribution in [0.1, 0.15) is 21.5 Å². The molecule has 0 bridgehead atoms. The van der Waals surface area contributed by atoms with Gasteiger partial charge in [-0.1, -0.05) is 18.2 Å². The van der Waals surface area contributed by atoms with Gasteiger partial charge in [-0.3, -0.25) is 4.79 Å². The molecule has 0 amide bonds. The molecule has 0 aliphatic carbocycles. The van der Waals surface area contributed by atoms with Gasteiger partial charge in [0.2, 0.25) is 0 Å². The molecule has 0 heterocycles. The molecular formula is C15H9F5O. The van der Waals surface area contributed by atoms with Gasteiger partial charge in [0.1, 0.15) is 11.6 Å². The Hall–Kier alpha value is -2.24. The number of alkyl halides is 3. The zero-order valence-electron chi connectivity index (χ0n) is 10.5. The molecule has 0 atom stereocenters. The van der Waals surface area contributed by atoms with Crippen molar-refractivity contribution in [2.45, 2.75) is 12.6 Å². The van der Waals surface area contributed by atoms with E-state index in [1.54, 1.807) is 0 Å². The van der Waals surface area contributed by atoms with Crippen LogP contribution in [0.5, 0.6) is 0 Å². The fourth-order valence-electron chi connectivity index (χ4n) is 1.97. The Morgan fingerprint density at radius 1 is 0.952 bits per heavy atom. The number of halogens is 5. The second-order valence-corrected chi connectivity index (χ2v) is 4.42. The highest BCUT2D eigenvalue weighted by molar-refractivity contribution is 5.99. The molecule has 6 heteroatoms. The van der Waals surface area contributed by atoms with Crippen molar-refractivity contribution in [1.29, 1.82) is 0 Å². The van der Waals surface area contributed by atoms with Crippen molar-refractivity contribution >= 4 is 5.78 Å². The van der Waals surface area contributed by atoms with Crippen molar-refractivity contribution < 1.29 is 26.7 Å². The van der Waals surface area contributed by atoms with E-state index in [9.17, 15) is 26.7 Å². The van der Waals surface area contributed by atoms with Crippen molar-refractivity contribution in [1.82, 2.24) is 0 Å². The van der Waals surface area contributed by atoms with E-state index in [0.29, 0.717) is 6.07 Å². The first-order valence-electron chi connectivity index (χ1n) is 5.92. The van der Waals surface area contributed by atoms with Crippen molar-refractivity contribution in [3.05, 3.63) is 70.8 Å². The van der Waals surface area contributed by atoms with Crippen LogP contribution in [0.4, 0.5) is 22.0 Å². The van der Waals surface area contributed by atoms with Gasteiger partial charge in [-0.15, -0.1) is 0 Å². The number of Topliss-reactive ketones (excluding diaryl/α,β-unsaturated/α-hetero) is 1. The summed E-state index contributed by atoms with van der Waals surface area (Å²) in [6.45, 7) is 0. The SMILES string of the molecule is O=C(Cc1cc(F)cc(F)c1)c1ccccc1C(F)(F)F. The summed E-state index contributed by atoms with van der Waals surface area (Å²) in [4.78, 5) is 12.0. The first-order chi connectivity index (χ1) is 9.77. The molecule has 2 rings (SSSR count).